The topological polar surface area (TPSA) is 105 Å². The predicted octanol–water partition coefficient (Wildman–Crippen LogP) is 0.647. The van der Waals surface area contributed by atoms with Gasteiger partial charge in [0.1, 0.15) is 25.3 Å². The van der Waals surface area contributed by atoms with Gasteiger partial charge in [-0.2, -0.15) is 5.10 Å². The molecule has 172 valence electrons. The molecule has 1 aliphatic heterocycles. The van der Waals surface area contributed by atoms with Crippen LogP contribution in [0, 0.1) is 0 Å². The highest BCUT2D eigenvalue weighted by atomic mass is 16.5. The highest BCUT2D eigenvalue weighted by Crippen LogP contribution is 2.17. The Morgan fingerprint density at radius 1 is 1.06 bits per heavy atom. The van der Waals surface area contributed by atoms with Crippen molar-refractivity contribution in [3.8, 4) is 17.1 Å². The van der Waals surface area contributed by atoms with Gasteiger partial charge in [-0.05, 0) is 13.1 Å². The molecule has 3 aromatic rings. The molecular formula is C23H27N7O3. The summed E-state index contributed by atoms with van der Waals surface area (Å²) in [6, 6.07) is 14.4. The Balaban J connectivity index is 1.26. The summed E-state index contributed by atoms with van der Waals surface area (Å²) >= 11 is 0. The molecule has 4 rings (SSSR count). The summed E-state index contributed by atoms with van der Waals surface area (Å²) < 4.78 is 6.83. The highest BCUT2D eigenvalue weighted by Gasteiger charge is 2.16. The van der Waals surface area contributed by atoms with Gasteiger partial charge in [-0.3, -0.25) is 9.59 Å². The van der Waals surface area contributed by atoms with Crippen LogP contribution in [0.2, 0.25) is 0 Å². The molecular weight excluding hydrogens is 422 g/mol. The monoisotopic (exact) mass is 449 g/mol. The number of amides is 1. The molecule has 0 unspecified atom stereocenters. The molecule has 0 radical (unpaired) electrons. The molecule has 1 fully saturated rings. The van der Waals surface area contributed by atoms with Gasteiger partial charge in [-0.1, -0.05) is 30.3 Å². The molecule has 1 N–H and O–H groups in total. The lowest BCUT2D eigenvalue weighted by Crippen LogP contribution is -2.44. The van der Waals surface area contributed by atoms with Crippen LogP contribution in [0.3, 0.4) is 0 Å². The Kier molecular flexibility index (Phi) is 7.26. The van der Waals surface area contributed by atoms with Crippen LogP contribution in [-0.2, 0) is 11.3 Å². The number of anilines is 1. The molecule has 0 atom stereocenters. The van der Waals surface area contributed by atoms with Crippen molar-refractivity contribution in [2.75, 3.05) is 51.3 Å². The zero-order valence-electron chi connectivity index (χ0n) is 18.6. The second-order valence-electron chi connectivity index (χ2n) is 7.78. The first kappa shape index (κ1) is 22.4. The summed E-state index contributed by atoms with van der Waals surface area (Å²) in [5.74, 6) is 0.974. The van der Waals surface area contributed by atoms with Gasteiger partial charge in [0.25, 0.3) is 5.56 Å². The SMILES string of the molecule is CN1CCN(c2cc(OCCNC(=O)Cn3nc(-c4ccccc4)ccc3=O)ncn2)CC1. The number of carbonyl (C=O) groups is 1. The number of likely N-dealkylation sites (N-methyl/N-ethyl adjacent to an activating group) is 1. The summed E-state index contributed by atoms with van der Waals surface area (Å²) in [7, 11) is 2.10. The van der Waals surface area contributed by atoms with Gasteiger partial charge in [-0.25, -0.2) is 14.6 Å². The number of benzene rings is 1. The molecule has 33 heavy (non-hydrogen) atoms. The van der Waals surface area contributed by atoms with Crippen molar-refractivity contribution in [3.05, 3.63) is 65.2 Å². The van der Waals surface area contributed by atoms with E-state index in [1.54, 1.807) is 6.07 Å². The fraction of sp³-hybridized carbons (Fsp3) is 0.348. The Morgan fingerprint density at radius 2 is 1.85 bits per heavy atom. The Morgan fingerprint density at radius 3 is 2.64 bits per heavy atom. The number of ether oxygens (including phenoxy) is 1. The lowest BCUT2D eigenvalue weighted by molar-refractivity contribution is -0.122. The van der Waals surface area contributed by atoms with E-state index in [0.29, 0.717) is 11.6 Å². The van der Waals surface area contributed by atoms with Gasteiger partial charge >= 0.3 is 0 Å². The number of nitrogens with one attached hydrogen (secondary N) is 1. The number of nitrogens with zero attached hydrogens (tertiary/aromatic N) is 6. The summed E-state index contributed by atoms with van der Waals surface area (Å²) in [5.41, 5.74) is 1.17. The van der Waals surface area contributed by atoms with Gasteiger partial charge in [0.15, 0.2) is 0 Å². The van der Waals surface area contributed by atoms with Crippen LogP contribution < -0.4 is 20.5 Å². The first-order valence-electron chi connectivity index (χ1n) is 10.9. The van der Waals surface area contributed by atoms with Crippen molar-refractivity contribution in [1.29, 1.82) is 0 Å². The third kappa shape index (κ3) is 6.13. The van der Waals surface area contributed by atoms with Gasteiger partial charge in [0, 0.05) is 43.9 Å². The molecule has 1 aliphatic rings. The standard InChI is InChI=1S/C23H27N7O3/c1-28-10-12-29(13-11-28)20-15-22(26-17-25-20)33-14-9-24-21(31)16-30-23(32)8-7-19(27-30)18-5-3-2-4-6-18/h2-8,15,17H,9-14,16H2,1H3,(H,24,31). The first-order valence-corrected chi connectivity index (χ1v) is 10.9. The third-order valence-corrected chi connectivity index (χ3v) is 5.36. The molecule has 10 heteroatoms. The maximum Gasteiger partial charge on any atom is 0.267 e. The van der Waals surface area contributed by atoms with E-state index in [1.807, 2.05) is 36.4 Å². The van der Waals surface area contributed by atoms with Crippen molar-refractivity contribution in [3.63, 3.8) is 0 Å². The van der Waals surface area contributed by atoms with E-state index in [-0.39, 0.29) is 31.2 Å². The zero-order chi connectivity index (χ0) is 23.0. The molecule has 3 heterocycles. The van der Waals surface area contributed by atoms with Crippen LogP contribution in [0.25, 0.3) is 11.3 Å². The number of aromatic nitrogens is 4. The largest absolute Gasteiger partial charge is 0.476 e. The van der Waals surface area contributed by atoms with Crippen molar-refractivity contribution in [1.82, 2.24) is 30.0 Å². The van der Waals surface area contributed by atoms with Crippen LogP contribution in [0.4, 0.5) is 5.82 Å². The Bertz CT molecular complexity index is 1130. The van der Waals surface area contributed by atoms with E-state index in [9.17, 15) is 9.59 Å². The van der Waals surface area contributed by atoms with Crippen LogP contribution >= 0.6 is 0 Å². The molecule has 2 aromatic heterocycles. The Hall–Kier alpha value is -3.79. The van der Waals surface area contributed by atoms with Crippen LogP contribution in [-0.4, -0.2) is 76.9 Å². The third-order valence-electron chi connectivity index (χ3n) is 5.36. The summed E-state index contributed by atoms with van der Waals surface area (Å²) in [5, 5.41) is 7.05. The van der Waals surface area contributed by atoms with Gasteiger partial charge < -0.3 is 19.9 Å². The van der Waals surface area contributed by atoms with Crippen LogP contribution in [0.5, 0.6) is 5.88 Å². The second kappa shape index (κ2) is 10.7. The average molecular weight is 450 g/mol. The first-order chi connectivity index (χ1) is 16.1. The van der Waals surface area contributed by atoms with Crippen LogP contribution in [0.1, 0.15) is 0 Å². The van der Waals surface area contributed by atoms with Gasteiger partial charge in [0.05, 0.1) is 12.2 Å². The van der Waals surface area contributed by atoms with E-state index < -0.39 is 0 Å². The minimum Gasteiger partial charge on any atom is -0.476 e. The van der Waals surface area contributed by atoms with Gasteiger partial charge in [0.2, 0.25) is 11.8 Å². The number of hydrogen-bond acceptors (Lipinski definition) is 8. The van der Waals surface area contributed by atoms with Crippen molar-refractivity contribution in [2.24, 2.45) is 0 Å². The molecule has 1 amide bonds. The van der Waals surface area contributed by atoms with Crippen LogP contribution in [0.15, 0.2) is 59.7 Å². The van der Waals surface area contributed by atoms with E-state index in [2.05, 4.69) is 37.2 Å². The average Bonchev–Trinajstić information content (AvgIpc) is 2.84. The van der Waals surface area contributed by atoms with E-state index in [1.165, 1.54) is 12.4 Å². The maximum absolute atomic E-state index is 12.3. The number of rotatable bonds is 8. The normalized spacial score (nSPS) is 14.2. The van der Waals surface area contributed by atoms with E-state index in [4.69, 9.17) is 4.74 Å². The molecule has 0 spiro atoms. The second-order valence-corrected chi connectivity index (χ2v) is 7.78. The summed E-state index contributed by atoms with van der Waals surface area (Å²) in [6.07, 6.45) is 1.49. The van der Waals surface area contributed by atoms with Crippen molar-refractivity contribution >= 4 is 11.7 Å². The number of hydrogen-bond donors (Lipinski definition) is 1. The fourth-order valence-corrected chi connectivity index (χ4v) is 3.48. The smallest absolute Gasteiger partial charge is 0.267 e. The van der Waals surface area contributed by atoms with Crippen molar-refractivity contribution < 1.29 is 9.53 Å². The minimum atomic E-state index is -0.335. The van der Waals surface area contributed by atoms with E-state index >= 15 is 0 Å². The fourth-order valence-electron chi connectivity index (χ4n) is 3.48. The highest BCUT2D eigenvalue weighted by molar-refractivity contribution is 5.75. The minimum absolute atomic E-state index is 0.166. The van der Waals surface area contributed by atoms with Crippen molar-refractivity contribution in [2.45, 2.75) is 6.54 Å². The molecule has 0 saturated carbocycles. The predicted molar refractivity (Wildman–Crippen MR) is 124 cm³/mol. The number of piperazine rings is 1. The molecule has 1 aromatic carbocycles. The van der Waals surface area contributed by atoms with E-state index in [0.717, 1.165) is 42.2 Å². The summed E-state index contributed by atoms with van der Waals surface area (Å²) in [4.78, 5) is 37.4. The van der Waals surface area contributed by atoms with Gasteiger partial charge in [-0.15, -0.1) is 0 Å². The number of carbonyl (C=O) groups excluding carboxylic acids is 1. The lowest BCUT2D eigenvalue weighted by atomic mass is 10.1. The quantitative estimate of drug-likeness (QED) is 0.500. The zero-order valence-corrected chi connectivity index (χ0v) is 18.6. The maximum atomic E-state index is 12.3. The molecule has 1 saturated heterocycles. The molecule has 0 bridgehead atoms. The Labute approximate surface area is 191 Å². The lowest BCUT2D eigenvalue weighted by Gasteiger charge is -2.33. The molecule has 0 aliphatic carbocycles. The molecule has 10 nitrogen and oxygen atoms in total. The summed E-state index contributed by atoms with van der Waals surface area (Å²) in [6.45, 7) is 4.14.